The molecule has 2 aromatic carbocycles. The van der Waals surface area contributed by atoms with Crippen LogP contribution in [0.2, 0.25) is 0 Å². The molecule has 1 aliphatic carbocycles. The lowest BCUT2D eigenvalue weighted by molar-refractivity contribution is 0.0940. The fourth-order valence-corrected chi connectivity index (χ4v) is 4.12. The molecule has 1 fully saturated rings. The number of ether oxygens (including phenoxy) is 2. The first-order valence-corrected chi connectivity index (χ1v) is 12.7. The molecule has 1 aromatic heterocycles. The van der Waals surface area contributed by atoms with Gasteiger partial charge < -0.3 is 30.7 Å². The van der Waals surface area contributed by atoms with Crippen molar-refractivity contribution in [2.24, 2.45) is 5.41 Å². The summed E-state index contributed by atoms with van der Waals surface area (Å²) in [6, 6.07) is 15.2. The number of nitrogens with zero attached hydrogens (tertiary/aromatic N) is 3. The van der Waals surface area contributed by atoms with Gasteiger partial charge in [-0.15, -0.1) is 0 Å². The Kier molecular flexibility index (Phi) is 7.76. The highest BCUT2D eigenvalue weighted by molar-refractivity contribution is 5.94. The minimum absolute atomic E-state index is 0.0714. The summed E-state index contributed by atoms with van der Waals surface area (Å²) in [5, 5.41) is 13.0. The second-order valence-electron chi connectivity index (χ2n) is 9.55. The smallest absolute Gasteiger partial charge is 0.251 e. The monoisotopic (exact) mass is 503 g/mol. The number of aryl methyl sites for hydroxylation is 1. The van der Waals surface area contributed by atoms with Gasteiger partial charge in [-0.3, -0.25) is 4.79 Å². The third kappa shape index (κ3) is 7.14. The van der Waals surface area contributed by atoms with E-state index in [1.807, 2.05) is 43.3 Å². The molecule has 0 unspecified atom stereocenters. The van der Waals surface area contributed by atoms with E-state index in [-0.39, 0.29) is 11.3 Å². The van der Waals surface area contributed by atoms with Crippen LogP contribution in [-0.2, 0) is 11.3 Å². The van der Waals surface area contributed by atoms with Gasteiger partial charge in [-0.25, -0.2) is 0 Å². The van der Waals surface area contributed by atoms with Crippen molar-refractivity contribution in [3.05, 3.63) is 65.5 Å². The zero-order valence-corrected chi connectivity index (χ0v) is 21.0. The Balaban J connectivity index is 1.28. The van der Waals surface area contributed by atoms with Crippen LogP contribution in [0.1, 0.15) is 34.6 Å². The van der Waals surface area contributed by atoms with Gasteiger partial charge in [0.2, 0.25) is 11.9 Å². The van der Waals surface area contributed by atoms with Gasteiger partial charge in [0, 0.05) is 42.8 Å². The van der Waals surface area contributed by atoms with Crippen LogP contribution in [0.15, 0.2) is 48.5 Å². The van der Waals surface area contributed by atoms with Crippen LogP contribution in [0.25, 0.3) is 0 Å². The SMILES string of the molecule is Cc1nc2nc(n1)Nc1ccc(cc1)C(=O)NCC1(CC1)CNCCOCCOc1ccc(cc1)CN2. The van der Waals surface area contributed by atoms with Crippen LogP contribution in [0, 0.1) is 12.3 Å². The van der Waals surface area contributed by atoms with E-state index < -0.39 is 0 Å². The fourth-order valence-electron chi connectivity index (χ4n) is 4.12. The molecule has 0 saturated heterocycles. The van der Waals surface area contributed by atoms with Crippen LogP contribution < -0.4 is 26.0 Å². The van der Waals surface area contributed by atoms with Gasteiger partial charge in [0.25, 0.3) is 5.91 Å². The Morgan fingerprint density at radius 2 is 1.62 bits per heavy atom. The molecule has 0 atom stereocenters. The molecule has 1 spiro atoms. The first-order valence-electron chi connectivity index (χ1n) is 12.7. The van der Waals surface area contributed by atoms with Crippen molar-refractivity contribution >= 4 is 23.5 Å². The number of carbonyl (C=O) groups excluding carboxylic acids is 1. The van der Waals surface area contributed by atoms with Crippen LogP contribution in [0.4, 0.5) is 17.6 Å². The highest BCUT2D eigenvalue weighted by Gasteiger charge is 2.42. The number of benzene rings is 2. The Bertz CT molecular complexity index is 1200. The molecular formula is C27H33N7O3. The summed E-state index contributed by atoms with van der Waals surface area (Å²) >= 11 is 0. The number of rotatable bonds is 0. The van der Waals surface area contributed by atoms with Gasteiger partial charge in [0.05, 0.1) is 13.2 Å². The molecule has 10 heteroatoms. The first kappa shape index (κ1) is 24.9. The van der Waals surface area contributed by atoms with Crippen LogP contribution >= 0.6 is 0 Å². The molecular weight excluding hydrogens is 470 g/mol. The molecule has 10 nitrogen and oxygen atoms in total. The maximum Gasteiger partial charge on any atom is 0.251 e. The van der Waals surface area contributed by atoms with E-state index in [1.54, 1.807) is 12.1 Å². The average molecular weight is 504 g/mol. The van der Waals surface area contributed by atoms with Crippen molar-refractivity contribution in [2.75, 3.05) is 50.1 Å². The number of nitrogens with one attached hydrogen (secondary N) is 4. The Morgan fingerprint density at radius 3 is 2.41 bits per heavy atom. The van der Waals surface area contributed by atoms with Gasteiger partial charge in [0.15, 0.2) is 0 Å². The Hall–Kier alpha value is -3.76. The highest BCUT2D eigenvalue weighted by Crippen LogP contribution is 2.44. The van der Waals surface area contributed by atoms with Crippen LogP contribution in [0.5, 0.6) is 5.75 Å². The van der Waals surface area contributed by atoms with E-state index >= 15 is 0 Å². The predicted molar refractivity (Wildman–Crippen MR) is 141 cm³/mol. The predicted octanol–water partition coefficient (Wildman–Crippen LogP) is 3.04. The molecule has 37 heavy (non-hydrogen) atoms. The number of hydrogen-bond acceptors (Lipinski definition) is 9. The molecule has 4 heterocycles. The zero-order chi connectivity index (χ0) is 25.5. The molecule has 3 aromatic rings. The Morgan fingerprint density at radius 1 is 0.838 bits per heavy atom. The van der Waals surface area contributed by atoms with Crippen molar-refractivity contribution < 1.29 is 14.3 Å². The molecule has 1 amide bonds. The number of aromatic nitrogens is 3. The fraction of sp³-hybridized carbons (Fsp3) is 0.407. The number of amides is 1. The van der Waals surface area contributed by atoms with Gasteiger partial charge in [-0.05, 0) is 61.7 Å². The minimum atomic E-state index is -0.0714. The van der Waals surface area contributed by atoms with Crippen molar-refractivity contribution in [2.45, 2.75) is 26.3 Å². The molecule has 7 rings (SSSR count). The molecule has 0 radical (unpaired) electrons. The number of carbonyl (C=O) groups is 1. The number of fused-ring (bicyclic) bond motifs is 2. The molecule has 1 saturated carbocycles. The van der Waals surface area contributed by atoms with Gasteiger partial charge in [-0.1, -0.05) is 12.1 Å². The highest BCUT2D eigenvalue weighted by atomic mass is 16.5. The van der Waals surface area contributed by atoms with E-state index in [2.05, 4.69) is 36.2 Å². The van der Waals surface area contributed by atoms with Crippen molar-refractivity contribution in [1.82, 2.24) is 25.6 Å². The molecule has 6 bridgehead atoms. The van der Waals surface area contributed by atoms with E-state index in [0.29, 0.717) is 56.2 Å². The maximum atomic E-state index is 12.7. The zero-order valence-electron chi connectivity index (χ0n) is 21.0. The van der Waals surface area contributed by atoms with E-state index in [9.17, 15) is 4.79 Å². The normalized spacial score (nSPS) is 18.4. The lowest BCUT2D eigenvalue weighted by Crippen LogP contribution is -2.36. The summed E-state index contributed by atoms with van der Waals surface area (Å²) in [6.45, 7) is 6.32. The lowest BCUT2D eigenvalue weighted by atomic mass is 10.1. The summed E-state index contributed by atoms with van der Waals surface area (Å²) < 4.78 is 11.5. The Labute approximate surface area is 216 Å². The standard InChI is InChI=1S/C27H33N7O3/c1-19-31-25-29-16-20-2-8-23(9-3-20)37-15-14-36-13-12-28-17-27(10-11-27)18-30-24(35)21-4-6-22(7-5-21)33-26(32-19)34-25/h2-9,28H,10-18H2,1H3,(H,30,35)(H2,29,31,32,33,34). The molecule has 4 aliphatic rings. The molecule has 4 N–H and O–H groups in total. The summed E-state index contributed by atoms with van der Waals surface area (Å²) in [4.78, 5) is 26.0. The summed E-state index contributed by atoms with van der Waals surface area (Å²) in [7, 11) is 0. The topological polar surface area (TPSA) is 122 Å². The van der Waals surface area contributed by atoms with Crippen molar-refractivity contribution in [3.8, 4) is 5.75 Å². The molecule has 194 valence electrons. The third-order valence-electron chi connectivity index (χ3n) is 6.53. The second kappa shape index (κ2) is 11.5. The quantitative estimate of drug-likeness (QED) is 0.367. The number of hydrogen-bond donors (Lipinski definition) is 4. The van der Waals surface area contributed by atoms with E-state index in [0.717, 1.165) is 42.9 Å². The summed E-state index contributed by atoms with van der Waals surface area (Å²) in [6.07, 6.45) is 2.22. The van der Waals surface area contributed by atoms with E-state index in [1.165, 1.54) is 0 Å². The summed E-state index contributed by atoms with van der Waals surface area (Å²) in [5.41, 5.74) is 2.62. The average Bonchev–Trinajstić information content (AvgIpc) is 3.68. The molecule has 3 aliphatic heterocycles. The van der Waals surface area contributed by atoms with Gasteiger partial charge in [0.1, 0.15) is 18.2 Å². The van der Waals surface area contributed by atoms with E-state index in [4.69, 9.17) is 9.47 Å². The third-order valence-corrected chi connectivity index (χ3v) is 6.53. The minimum Gasteiger partial charge on any atom is -0.491 e. The largest absolute Gasteiger partial charge is 0.491 e. The first-order chi connectivity index (χ1) is 18.1. The van der Waals surface area contributed by atoms with Crippen molar-refractivity contribution in [1.29, 1.82) is 0 Å². The number of anilines is 3. The van der Waals surface area contributed by atoms with Gasteiger partial charge in [-0.2, -0.15) is 15.0 Å². The maximum absolute atomic E-state index is 12.7. The van der Waals surface area contributed by atoms with Crippen molar-refractivity contribution in [3.63, 3.8) is 0 Å². The second-order valence-corrected chi connectivity index (χ2v) is 9.55. The van der Waals surface area contributed by atoms with Crippen LogP contribution in [0.3, 0.4) is 0 Å². The van der Waals surface area contributed by atoms with Gasteiger partial charge >= 0.3 is 0 Å². The lowest BCUT2D eigenvalue weighted by Gasteiger charge is -2.17. The summed E-state index contributed by atoms with van der Waals surface area (Å²) in [5.74, 6) is 2.24. The van der Waals surface area contributed by atoms with Crippen LogP contribution in [-0.4, -0.2) is 60.3 Å².